The Labute approximate surface area is 68.5 Å². The number of allylic oxidation sites excluding steroid dienone is 2. The Bertz CT molecular complexity index is 178. The summed E-state index contributed by atoms with van der Waals surface area (Å²) in [5, 5.41) is 3.06. The van der Waals surface area contributed by atoms with E-state index in [0.717, 1.165) is 12.1 Å². The molecule has 0 saturated carbocycles. The normalized spacial score (nSPS) is 13.3. The minimum Gasteiger partial charge on any atom is -0.405 e. The molecule has 0 bridgehead atoms. The lowest BCUT2D eigenvalue weighted by Gasteiger charge is -2.02. The lowest BCUT2D eigenvalue weighted by Crippen LogP contribution is -2.10. The number of hydrogen-bond donors (Lipinski definition) is 2. The molecular weight excluding hydrogens is 136 g/mol. The van der Waals surface area contributed by atoms with E-state index < -0.39 is 0 Å². The molecule has 0 rings (SSSR count). The zero-order chi connectivity index (χ0) is 8.69. The van der Waals surface area contributed by atoms with Gasteiger partial charge in [-0.05, 0) is 37.4 Å². The molecule has 0 unspecified atom stereocenters. The predicted octanol–water partition coefficient (Wildman–Crippen LogP) is 1.18. The van der Waals surface area contributed by atoms with Crippen LogP contribution >= 0.6 is 0 Å². The van der Waals surface area contributed by atoms with Crippen molar-refractivity contribution in [3.63, 3.8) is 0 Å². The minimum absolute atomic E-state index is 0.825. The SMILES string of the molecule is C=C/C(C)=C(\C=C/N)CNC. The van der Waals surface area contributed by atoms with E-state index in [1.165, 1.54) is 5.57 Å². The summed E-state index contributed by atoms with van der Waals surface area (Å²) in [5.41, 5.74) is 7.60. The fourth-order valence-corrected chi connectivity index (χ4v) is 0.767. The van der Waals surface area contributed by atoms with Gasteiger partial charge in [0.15, 0.2) is 0 Å². The largest absolute Gasteiger partial charge is 0.405 e. The number of likely N-dealkylation sites (N-methyl/N-ethyl adjacent to an activating group) is 1. The fraction of sp³-hybridized carbons (Fsp3) is 0.333. The van der Waals surface area contributed by atoms with Crippen molar-refractivity contribution in [3.8, 4) is 0 Å². The Morgan fingerprint density at radius 1 is 1.64 bits per heavy atom. The number of hydrogen-bond acceptors (Lipinski definition) is 2. The van der Waals surface area contributed by atoms with E-state index in [1.54, 1.807) is 6.20 Å². The molecule has 0 aromatic carbocycles. The maximum Gasteiger partial charge on any atom is 0.0205 e. The molecule has 62 valence electrons. The minimum atomic E-state index is 0.825. The Hall–Kier alpha value is -1.02. The van der Waals surface area contributed by atoms with Gasteiger partial charge in [0.05, 0.1) is 0 Å². The lowest BCUT2D eigenvalue weighted by atomic mass is 10.1. The Balaban J connectivity index is 4.42. The molecule has 0 aromatic heterocycles. The molecule has 0 aliphatic rings. The van der Waals surface area contributed by atoms with Gasteiger partial charge in [0.1, 0.15) is 0 Å². The fourth-order valence-electron chi connectivity index (χ4n) is 0.767. The molecule has 0 atom stereocenters. The van der Waals surface area contributed by atoms with Gasteiger partial charge >= 0.3 is 0 Å². The Morgan fingerprint density at radius 3 is 2.64 bits per heavy atom. The van der Waals surface area contributed by atoms with E-state index in [2.05, 4.69) is 11.9 Å². The second-order valence-corrected chi connectivity index (χ2v) is 2.30. The van der Waals surface area contributed by atoms with Gasteiger partial charge < -0.3 is 11.1 Å². The van der Waals surface area contributed by atoms with Crippen LogP contribution in [0.5, 0.6) is 0 Å². The smallest absolute Gasteiger partial charge is 0.0205 e. The van der Waals surface area contributed by atoms with Gasteiger partial charge in [-0.25, -0.2) is 0 Å². The molecule has 0 aliphatic heterocycles. The second-order valence-electron chi connectivity index (χ2n) is 2.30. The summed E-state index contributed by atoms with van der Waals surface area (Å²) in [6.45, 7) is 6.52. The van der Waals surface area contributed by atoms with Crippen molar-refractivity contribution in [3.05, 3.63) is 36.1 Å². The van der Waals surface area contributed by atoms with Crippen LogP contribution in [-0.4, -0.2) is 13.6 Å². The van der Waals surface area contributed by atoms with Crippen LogP contribution in [0.1, 0.15) is 6.92 Å². The first kappa shape index (κ1) is 9.98. The summed E-state index contributed by atoms with van der Waals surface area (Å²) in [7, 11) is 1.90. The standard InChI is InChI=1S/C9H16N2/c1-4-8(2)9(5-6-10)7-11-3/h4-6,11H,1,7,10H2,2-3H3/b6-5-,9-8+. The van der Waals surface area contributed by atoms with Gasteiger partial charge in [-0.2, -0.15) is 0 Å². The van der Waals surface area contributed by atoms with Crippen LogP contribution in [0.4, 0.5) is 0 Å². The highest BCUT2D eigenvalue weighted by Gasteiger charge is 1.92. The molecule has 11 heavy (non-hydrogen) atoms. The number of nitrogens with two attached hydrogens (primary N) is 1. The van der Waals surface area contributed by atoms with Gasteiger partial charge in [0.2, 0.25) is 0 Å². The van der Waals surface area contributed by atoms with E-state index >= 15 is 0 Å². The Morgan fingerprint density at radius 2 is 2.27 bits per heavy atom. The van der Waals surface area contributed by atoms with Gasteiger partial charge in [0.25, 0.3) is 0 Å². The zero-order valence-corrected chi connectivity index (χ0v) is 7.22. The van der Waals surface area contributed by atoms with Crippen molar-refractivity contribution in [1.82, 2.24) is 5.32 Å². The molecule has 2 heteroatoms. The molecular formula is C9H16N2. The number of nitrogens with one attached hydrogen (secondary N) is 1. The maximum absolute atomic E-state index is 5.28. The van der Waals surface area contributed by atoms with E-state index in [0.29, 0.717) is 0 Å². The van der Waals surface area contributed by atoms with Crippen LogP contribution in [0.25, 0.3) is 0 Å². The van der Waals surface area contributed by atoms with Gasteiger partial charge in [-0.3, -0.25) is 0 Å². The first-order chi connectivity index (χ1) is 5.26. The van der Waals surface area contributed by atoms with Crippen LogP contribution in [0.3, 0.4) is 0 Å². The zero-order valence-electron chi connectivity index (χ0n) is 7.22. The first-order valence-electron chi connectivity index (χ1n) is 3.61. The van der Waals surface area contributed by atoms with E-state index in [1.807, 2.05) is 26.1 Å². The predicted molar refractivity (Wildman–Crippen MR) is 50.2 cm³/mol. The van der Waals surface area contributed by atoms with E-state index in [-0.39, 0.29) is 0 Å². The van der Waals surface area contributed by atoms with Crippen LogP contribution < -0.4 is 11.1 Å². The van der Waals surface area contributed by atoms with Crippen molar-refractivity contribution in [2.45, 2.75) is 6.92 Å². The lowest BCUT2D eigenvalue weighted by molar-refractivity contribution is 0.889. The van der Waals surface area contributed by atoms with E-state index in [4.69, 9.17) is 5.73 Å². The van der Waals surface area contributed by atoms with Crippen molar-refractivity contribution in [2.75, 3.05) is 13.6 Å². The van der Waals surface area contributed by atoms with Crippen LogP contribution in [0.2, 0.25) is 0 Å². The summed E-state index contributed by atoms with van der Waals surface area (Å²) in [6.07, 6.45) is 5.25. The van der Waals surface area contributed by atoms with Crippen LogP contribution in [0.15, 0.2) is 36.1 Å². The monoisotopic (exact) mass is 152 g/mol. The quantitative estimate of drug-likeness (QED) is 0.594. The molecule has 0 aliphatic carbocycles. The maximum atomic E-state index is 5.28. The molecule has 0 saturated heterocycles. The molecule has 0 amide bonds. The van der Waals surface area contributed by atoms with Crippen LogP contribution in [0, 0.1) is 0 Å². The van der Waals surface area contributed by atoms with Crippen molar-refractivity contribution in [2.24, 2.45) is 5.73 Å². The molecule has 0 fully saturated rings. The summed E-state index contributed by atoms with van der Waals surface area (Å²) >= 11 is 0. The highest BCUT2D eigenvalue weighted by Crippen LogP contribution is 2.04. The molecule has 2 nitrogen and oxygen atoms in total. The van der Waals surface area contributed by atoms with Crippen molar-refractivity contribution < 1.29 is 0 Å². The molecule has 3 N–H and O–H groups in total. The third-order valence-electron chi connectivity index (χ3n) is 1.48. The highest BCUT2D eigenvalue weighted by atomic mass is 14.8. The summed E-state index contributed by atoms with van der Waals surface area (Å²) < 4.78 is 0. The topological polar surface area (TPSA) is 38.0 Å². The third-order valence-corrected chi connectivity index (χ3v) is 1.48. The van der Waals surface area contributed by atoms with E-state index in [9.17, 15) is 0 Å². The molecule has 0 radical (unpaired) electrons. The van der Waals surface area contributed by atoms with Crippen LogP contribution in [-0.2, 0) is 0 Å². The second kappa shape index (κ2) is 5.74. The van der Waals surface area contributed by atoms with Gasteiger partial charge in [-0.15, -0.1) is 0 Å². The number of rotatable bonds is 4. The van der Waals surface area contributed by atoms with Gasteiger partial charge in [0, 0.05) is 6.54 Å². The molecule has 0 aromatic rings. The highest BCUT2D eigenvalue weighted by molar-refractivity contribution is 5.31. The summed E-state index contributed by atoms with van der Waals surface area (Å²) in [4.78, 5) is 0. The van der Waals surface area contributed by atoms with Crippen molar-refractivity contribution in [1.29, 1.82) is 0 Å². The average molecular weight is 152 g/mol. The average Bonchev–Trinajstić information content (AvgIpc) is 2.03. The Kier molecular flexibility index (Phi) is 5.21. The molecule has 0 heterocycles. The summed E-state index contributed by atoms with van der Waals surface area (Å²) in [6, 6.07) is 0. The van der Waals surface area contributed by atoms with Crippen molar-refractivity contribution >= 4 is 0 Å². The molecule has 0 spiro atoms. The van der Waals surface area contributed by atoms with Gasteiger partial charge in [-0.1, -0.05) is 12.7 Å². The summed E-state index contributed by atoms with van der Waals surface area (Å²) in [5.74, 6) is 0. The first-order valence-corrected chi connectivity index (χ1v) is 3.61. The third kappa shape index (κ3) is 3.63.